The Bertz CT molecular complexity index is 715. The summed E-state index contributed by atoms with van der Waals surface area (Å²) >= 11 is 0. The average molecular weight is 917 g/mol. The van der Waals surface area contributed by atoms with Crippen molar-refractivity contribution < 1.29 is 76.2 Å². The molecule has 0 bridgehead atoms. The molecule has 380 valence electrons. The topological polar surface area (TPSA) is 159 Å². The van der Waals surface area contributed by atoms with Gasteiger partial charge in [0.25, 0.3) is 0 Å². The summed E-state index contributed by atoms with van der Waals surface area (Å²) in [7, 11) is 0. The highest BCUT2D eigenvalue weighted by Crippen LogP contribution is 2.13. The van der Waals surface area contributed by atoms with Crippen molar-refractivity contribution in [2.45, 2.75) is 103 Å². The summed E-state index contributed by atoms with van der Waals surface area (Å²) in [6, 6.07) is 0. The molecule has 0 heterocycles. The smallest absolute Gasteiger partial charge is 0.0701 e. The van der Waals surface area contributed by atoms with Gasteiger partial charge in [0.15, 0.2) is 0 Å². The zero-order valence-corrected chi connectivity index (χ0v) is 40.1. The molecular weight excluding hydrogens is 821 g/mol. The van der Waals surface area contributed by atoms with Gasteiger partial charge in [-0.25, -0.2) is 0 Å². The van der Waals surface area contributed by atoms with Crippen LogP contribution < -0.4 is 0 Å². The van der Waals surface area contributed by atoms with Gasteiger partial charge >= 0.3 is 0 Å². The van der Waals surface area contributed by atoms with Gasteiger partial charge in [-0.15, -0.1) is 0 Å². The lowest BCUT2D eigenvalue weighted by Crippen LogP contribution is -2.15. The quantitative estimate of drug-likeness (QED) is 0.0698. The van der Waals surface area contributed by atoms with Gasteiger partial charge in [-0.1, -0.05) is 96.8 Å². The van der Waals surface area contributed by atoms with Gasteiger partial charge in [0.2, 0.25) is 0 Å². The van der Waals surface area contributed by atoms with Crippen LogP contribution in [0.4, 0.5) is 0 Å². The third kappa shape index (κ3) is 61.4. The summed E-state index contributed by atoms with van der Waals surface area (Å²) in [4.78, 5) is 0. The summed E-state index contributed by atoms with van der Waals surface area (Å²) < 4.78 is 82.2. The fourth-order valence-corrected chi connectivity index (χ4v) is 5.82. The Hall–Kier alpha value is -0.640. The molecule has 63 heavy (non-hydrogen) atoms. The van der Waals surface area contributed by atoms with Crippen molar-refractivity contribution in [2.75, 3.05) is 205 Å². The summed E-state index contributed by atoms with van der Waals surface area (Å²) in [5, 5.41) is 8.60. The lowest BCUT2D eigenvalue weighted by Gasteiger charge is -2.09. The molecular formula is C47H96O16. The number of hydrogen-bond donors (Lipinski definition) is 1. The Labute approximate surface area is 383 Å². The molecule has 0 rings (SSSR count). The van der Waals surface area contributed by atoms with Crippen LogP contribution in [0.3, 0.4) is 0 Å². The molecule has 0 aliphatic rings. The Morgan fingerprint density at radius 1 is 0.175 bits per heavy atom. The summed E-state index contributed by atoms with van der Waals surface area (Å²) in [5.41, 5.74) is 0. The van der Waals surface area contributed by atoms with E-state index in [9.17, 15) is 0 Å². The van der Waals surface area contributed by atoms with E-state index in [0.29, 0.717) is 192 Å². The first-order valence-electron chi connectivity index (χ1n) is 24.7. The molecule has 0 spiro atoms. The number of ether oxygens (including phenoxy) is 15. The maximum Gasteiger partial charge on any atom is 0.0701 e. The summed E-state index contributed by atoms with van der Waals surface area (Å²) in [6.45, 7) is 18.0. The second-order valence-corrected chi connectivity index (χ2v) is 14.9. The first kappa shape index (κ1) is 62.4. The SMILES string of the molecule is CCCCCCCCCCCCCCCCCOCCOCCOCCOCCOCCOCCOCCOCCOCCOCCOCCOCCOCCOCCOCCO. The maximum atomic E-state index is 8.60. The molecule has 0 aliphatic heterocycles. The van der Waals surface area contributed by atoms with E-state index >= 15 is 0 Å². The number of rotatable bonds is 60. The average Bonchev–Trinajstić information content (AvgIpc) is 3.29. The molecule has 0 aromatic heterocycles. The van der Waals surface area contributed by atoms with Crippen molar-refractivity contribution in [3.05, 3.63) is 0 Å². The largest absolute Gasteiger partial charge is 0.394 e. The maximum absolute atomic E-state index is 8.60. The molecule has 1 N–H and O–H groups in total. The van der Waals surface area contributed by atoms with Gasteiger partial charge in [-0.2, -0.15) is 0 Å². The number of hydrogen-bond acceptors (Lipinski definition) is 16. The van der Waals surface area contributed by atoms with E-state index in [2.05, 4.69) is 6.92 Å². The fraction of sp³-hybridized carbons (Fsp3) is 1.00. The van der Waals surface area contributed by atoms with Crippen molar-refractivity contribution in [2.24, 2.45) is 0 Å². The van der Waals surface area contributed by atoms with E-state index in [0.717, 1.165) is 13.0 Å². The molecule has 0 saturated heterocycles. The van der Waals surface area contributed by atoms with Crippen LogP contribution >= 0.6 is 0 Å². The zero-order chi connectivity index (χ0) is 45.1. The molecule has 0 saturated carbocycles. The molecule has 0 amide bonds. The fourth-order valence-electron chi connectivity index (χ4n) is 5.82. The lowest BCUT2D eigenvalue weighted by atomic mass is 10.0. The number of unbranched alkanes of at least 4 members (excludes halogenated alkanes) is 14. The van der Waals surface area contributed by atoms with Crippen LogP contribution in [0.5, 0.6) is 0 Å². The van der Waals surface area contributed by atoms with E-state index in [1.165, 1.54) is 89.9 Å². The van der Waals surface area contributed by atoms with E-state index in [1.54, 1.807) is 0 Å². The van der Waals surface area contributed by atoms with Gasteiger partial charge in [0.05, 0.1) is 198 Å². The van der Waals surface area contributed by atoms with Crippen molar-refractivity contribution in [1.82, 2.24) is 0 Å². The number of aliphatic hydroxyl groups excluding tert-OH is 1. The van der Waals surface area contributed by atoms with E-state index in [1.807, 2.05) is 0 Å². The van der Waals surface area contributed by atoms with Crippen LogP contribution in [-0.2, 0) is 71.1 Å². The summed E-state index contributed by atoms with van der Waals surface area (Å²) in [5.74, 6) is 0. The van der Waals surface area contributed by atoms with Gasteiger partial charge in [0, 0.05) is 6.61 Å². The van der Waals surface area contributed by atoms with Gasteiger partial charge in [-0.3, -0.25) is 0 Å². The Morgan fingerprint density at radius 3 is 0.492 bits per heavy atom. The Kier molecular flexibility index (Phi) is 60.7. The molecule has 0 fully saturated rings. The standard InChI is InChI=1S/C47H96O16/c1-2-3-4-5-6-7-8-9-10-11-12-13-14-15-16-18-49-20-22-51-24-26-53-28-30-55-32-34-57-36-38-59-40-42-61-44-46-63-47-45-62-43-41-60-39-37-58-35-33-56-31-29-54-27-25-52-23-21-50-19-17-48/h48H,2-47H2,1H3. The van der Waals surface area contributed by atoms with Gasteiger partial charge < -0.3 is 76.2 Å². The molecule has 0 atom stereocenters. The third-order valence-electron chi connectivity index (χ3n) is 9.34. The van der Waals surface area contributed by atoms with E-state index in [-0.39, 0.29) is 6.61 Å². The van der Waals surface area contributed by atoms with Crippen molar-refractivity contribution in [3.63, 3.8) is 0 Å². The molecule has 16 nitrogen and oxygen atoms in total. The predicted octanol–water partition coefficient (Wildman–Crippen LogP) is 6.10. The highest BCUT2D eigenvalue weighted by molar-refractivity contribution is 4.50. The number of aliphatic hydroxyl groups is 1. The van der Waals surface area contributed by atoms with Crippen molar-refractivity contribution in [1.29, 1.82) is 0 Å². The molecule has 0 aromatic rings. The van der Waals surface area contributed by atoms with Crippen LogP contribution in [0.2, 0.25) is 0 Å². The first-order chi connectivity index (χ1) is 31.4. The normalized spacial score (nSPS) is 11.7. The van der Waals surface area contributed by atoms with Crippen LogP contribution in [0.15, 0.2) is 0 Å². The van der Waals surface area contributed by atoms with Crippen molar-refractivity contribution >= 4 is 0 Å². The lowest BCUT2D eigenvalue weighted by molar-refractivity contribution is -0.0301. The van der Waals surface area contributed by atoms with Crippen molar-refractivity contribution in [3.8, 4) is 0 Å². The second kappa shape index (κ2) is 61.4. The third-order valence-corrected chi connectivity index (χ3v) is 9.34. The van der Waals surface area contributed by atoms with E-state index < -0.39 is 0 Å². The van der Waals surface area contributed by atoms with Gasteiger partial charge in [0.1, 0.15) is 0 Å². The molecule has 16 heteroatoms. The molecule has 0 unspecified atom stereocenters. The molecule has 0 aliphatic carbocycles. The highest BCUT2D eigenvalue weighted by Gasteiger charge is 1.99. The van der Waals surface area contributed by atoms with Crippen LogP contribution in [0, 0.1) is 0 Å². The van der Waals surface area contributed by atoms with E-state index in [4.69, 9.17) is 76.2 Å². The Balaban J connectivity index is 3.06. The Morgan fingerprint density at radius 2 is 0.317 bits per heavy atom. The predicted molar refractivity (Wildman–Crippen MR) is 244 cm³/mol. The molecule has 0 radical (unpaired) electrons. The van der Waals surface area contributed by atoms with Crippen LogP contribution in [0.25, 0.3) is 0 Å². The zero-order valence-electron chi connectivity index (χ0n) is 40.1. The monoisotopic (exact) mass is 917 g/mol. The van der Waals surface area contributed by atoms with Gasteiger partial charge in [-0.05, 0) is 6.42 Å². The summed E-state index contributed by atoms with van der Waals surface area (Å²) in [6.07, 6.45) is 20.7. The minimum Gasteiger partial charge on any atom is -0.394 e. The molecule has 0 aromatic carbocycles. The van der Waals surface area contributed by atoms with Crippen LogP contribution in [-0.4, -0.2) is 210 Å². The first-order valence-corrected chi connectivity index (χ1v) is 24.7. The van der Waals surface area contributed by atoms with Crippen LogP contribution in [0.1, 0.15) is 103 Å². The minimum absolute atomic E-state index is 0.0237. The second-order valence-electron chi connectivity index (χ2n) is 14.9. The highest BCUT2D eigenvalue weighted by atomic mass is 16.6. The minimum atomic E-state index is 0.0237.